The smallest absolute Gasteiger partial charge is 0.338 e. The molecule has 0 radical (unpaired) electrons. The molecule has 1 unspecified atom stereocenters. The summed E-state index contributed by atoms with van der Waals surface area (Å²) in [5, 5.41) is 11.4. The van der Waals surface area contributed by atoms with Gasteiger partial charge in [-0.25, -0.2) is 4.79 Å². The van der Waals surface area contributed by atoms with Gasteiger partial charge in [-0.15, -0.1) is 0 Å². The zero-order valence-corrected chi connectivity index (χ0v) is 15.6. The van der Waals surface area contributed by atoms with Crippen LogP contribution in [0.2, 0.25) is 0 Å². The summed E-state index contributed by atoms with van der Waals surface area (Å²) in [4.78, 5) is 24.4. The van der Waals surface area contributed by atoms with Gasteiger partial charge in [-0.3, -0.25) is 4.79 Å². The average Bonchev–Trinajstić information content (AvgIpc) is 2.67. The maximum absolute atomic E-state index is 12.2. The number of carbonyl (C=O) groups is 2. The van der Waals surface area contributed by atoms with Crippen molar-refractivity contribution >= 4 is 17.6 Å². The Morgan fingerprint density at radius 2 is 1.67 bits per heavy atom. The highest BCUT2D eigenvalue weighted by molar-refractivity contribution is 5.97. The Labute approximate surface area is 158 Å². The summed E-state index contributed by atoms with van der Waals surface area (Å²) in [6.07, 6.45) is -0.968. The Morgan fingerprint density at radius 1 is 1.04 bits per heavy atom. The van der Waals surface area contributed by atoms with E-state index in [-0.39, 0.29) is 0 Å². The first-order valence-corrected chi connectivity index (χ1v) is 8.64. The van der Waals surface area contributed by atoms with E-state index in [0.29, 0.717) is 35.1 Å². The lowest BCUT2D eigenvalue weighted by Crippen LogP contribution is -2.30. The molecule has 0 saturated carbocycles. The molecular formula is C21H22N2O4. The molecule has 1 atom stereocenters. The zero-order valence-electron chi connectivity index (χ0n) is 15.6. The number of nitrogens with one attached hydrogen (secondary N) is 1. The predicted molar refractivity (Wildman–Crippen MR) is 101 cm³/mol. The van der Waals surface area contributed by atoms with E-state index in [2.05, 4.69) is 19.2 Å². The van der Waals surface area contributed by atoms with Crippen LogP contribution in [0, 0.1) is 17.2 Å². The molecule has 140 valence electrons. The van der Waals surface area contributed by atoms with E-state index < -0.39 is 18.0 Å². The van der Waals surface area contributed by atoms with Gasteiger partial charge in [0.05, 0.1) is 23.8 Å². The number of carbonyl (C=O) groups excluding carboxylic acids is 2. The number of rotatable bonds is 7. The van der Waals surface area contributed by atoms with Crippen LogP contribution in [0.3, 0.4) is 0 Å². The topological polar surface area (TPSA) is 88.4 Å². The van der Waals surface area contributed by atoms with E-state index in [1.165, 1.54) is 6.92 Å². The molecule has 0 saturated heterocycles. The summed E-state index contributed by atoms with van der Waals surface area (Å²) < 4.78 is 10.8. The third kappa shape index (κ3) is 6.15. The molecule has 0 fully saturated rings. The summed E-state index contributed by atoms with van der Waals surface area (Å²) in [6, 6.07) is 15.0. The van der Waals surface area contributed by atoms with Crippen LogP contribution in [0.4, 0.5) is 5.69 Å². The standard InChI is InChI=1S/C21H22N2O4/c1-14(2)13-26-19-10-6-17(7-11-19)21(25)27-15(3)20(24)23-18-8-4-16(12-22)5-9-18/h4-11,14-15H,13H2,1-3H3,(H,23,24). The average molecular weight is 366 g/mol. The van der Waals surface area contributed by atoms with Gasteiger partial charge in [-0.05, 0) is 61.4 Å². The largest absolute Gasteiger partial charge is 0.493 e. The minimum absolute atomic E-state index is 0.338. The first-order valence-electron chi connectivity index (χ1n) is 8.64. The molecule has 0 aliphatic rings. The van der Waals surface area contributed by atoms with Crippen LogP contribution in [0.1, 0.15) is 36.7 Å². The predicted octanol–water partition coefficient (Wildman–Crippen LogP) is 3.78. The molecule has 6 nitrogen and oxygen atoms in total. The molecule has 0 aromatic heterocycles. The fourth-order valence-corrected chi connectivity index (χ4v) is 2.10. The lowest BCUT2D eigenvalue weighted by molar-refractivity contribution is -0.123. The summed E-state index contributed by atoms with van der Waals surface area (Å²) >= 11 is 0. The monoisotopic (exact) mass is 366 g/mol. The van der Waals surface area contributed by atoms with E-state index in [1.54, 1.807) is 48.5 Å². The van der Waals surface area contributed by atoms with Gasteiger partial charge in [0.15, 0.2) is 6.10 Å². The number of hydrogen-bond donors (Lipinski definition) is 1. The van der Waals surface area contributed by atoms with Crippen molar-refractivity contribution in [1.29, 1.82) is 5.26 Å². The molecule has 0 aliphatic heterocycles. The van der Waals surface area contributed by atoms with E-state index in [0.717, 1.165) is 0 Å². The van der Waals surface area contributed by atoms with E-state index in [1.807, 2.05) is 6.07 Å². The zero-order chi connectivity index (χ0) is 19.8. The molecule has 6 heteroatoms. The van der Waals surface area contributed by atoms with E-state index in [4.69, 9.17) is 14.7 Å². The first-order chi connectivity index (χ1) is 12.9. The molecule has 2 aromatic rings. The van der Waals surface area contributed by atoms with Gasteiger partial charge in [0.2, 0.25) is 0 Å². The Hall–Kier alpha value is -3.33. The summed E-state index contributed by atoms with van der Waals surface area (Å²) in [5.41, 5.74) is 1.35. The van der Waals surface area contributed by atoms with Crippen LogP contribution in [-0.2, 0) is 9.53 Å². The molecule has 0 spiro atoms. The fraction of sp³-hybridized carbons (Fsp3) is 0.286. The van der Waals surface area contributed by atoms with Crippen molar-refractivity contribution in [3.05, 3.63) is 59.7 Å². The number of ether oxygens (including phenoxy) is 2. The van der Waals surface area contributed by atoms with Crippen molar-refractivity contribution in [2.24, 2.45) is 5.92 Å². The highest BCUT2D eigenvalue weighted by Gasteiger charge is 2.19. The highest BCUT2D eigenvalue weighted by atomic mass is 16.5. The molecule has 2 rings (SSSR count). The summed E-state index contributed by atoms with van der Waals surface area (Å²) in [5.74, 6) is 0.0369. The molecule has 0 bridgehead atoms. The minimum Gasteiger partial charge on any atom is -0.493 e. The Bertz CT molecular complexity index is 821. The van der Waals surface area contributed by atoms with Crippen LogP contribution < -0.4 is 10.1 Å². The van der Waals surface area contributed by atoms with Crippen LogP contribution >= 0.6 is 0 Å². The second kappa shape index (κ2) is 9.39. The molecule has 27 heavy (non-hydrogen) atoms. The third-order valence-corrected chi connectivity index (χ3v) is 3.61. The Kier molecular flexibility index (Phi) is 6.95. The number of nitrogens with zero attached hydrogens (tertiary/aromatic N) is 1. The first kappa shape index (κ1) is 20.0. The molecule has 2 aromatic carbocycles. The van der Waals surface area contributed by atoms with Gasteiger partial charge in [0.1, 0.15) is 5.75 Å². The highest BCUT2D eigenvalue weighted by Crippen LogP contribution is 2.15. The number of esters is 1. The van der Waals surface area contributed by atoms with Crippen LogP contribution in [0.25, 0.3) is 0 Å². The number of amides is 1. The molecule has 0 aliphatic carbocycles. The second-order valence-electron chi connectivity index (χ2n) is 6.46. The van der Waals surface area contributed by atoms with Crippen molar-refractivity contribution in [1.82, 2.24) is 0 Å². The quantitative estimate of drug-likeness (QED) is 0.754. The van der Waals surface area contributed by atoms with Gasteiger partial charge in [0.25, 0.3) is 5.91 Å². The second-order valence-corrected chi connectivity index (χ2v) is 6.46. The van der Waals surface area contributed by atoms with Gasteiger partial charge in [0, 0.05) is 5.69 Å². The lowest BCUT2D eigenvalue weighted by Gasteiger charge is -2.14. The van der Waals surface area contributed by atoms with Crippen molar-refractivity contribution < 1.29 is 19.1 Å². The fourth-order valence-electron chi connectivity index (χ4n) is 2.10. The van der Waals surface area contributed by atoms with Crippen molar-refractivity contribution in [2.75, 3.05) is 11.9 Å². The SMILES string of the molecule is CC(C)COc1ccc(C(=O)OC(C)C(=O)Nc2ccc(C#N)cc2)cc1. The van der Waals surface area contributed by atoms with E-state index >= 15 is 0 Å². The van der Waals surface area contributed by atoms with Gasteiger partial charge in [-0.1, -0.05) is 13.8 Å². The maximum atomic E-state index is 12.2. The summed E-state index contributed by atoms with van der Waals surface area (Å²) in [6.45, 7) is 6.19. The van der Waals surface area contributed by atoms with Crippen LogP contribution in [0.15, 0.2) is 48.5 Å². The number of anilines is 1. The minimum atomic E-state index is -0.968. The number of benzene rings is 2. The third-order valence-electron chi connectivity index (χ3n) is 3.61. The van der Waals surface area contributed by atoms with Crippen LogP contribution in [-0.4, -0.2) is 24.6 Å². The lowest BCUT2D eigenvalue weighted by atomic mass is 10.2. The normalized spacial score (nSPS) is 11.4. The Balaban J connectivity index is 1.89. The molecule has 1 N–H and O–H groups in total. The summed E-state index contributed by atoms with van der Waals surface area (Å²) in [7, 11) is 0. The number of hydrogen-bond acceptors (Lipinski definition) is 5. The maximum Gasteiger partial charge on any atom is 0.338 e. The van der Waals surface area contributed by atoms with Crippen LogP contribution in [0.5, 0.6) is 5.75 Å². The van der Waals surface area contributed by atoms with E-state index in [9.17, 15) is 9.59 Å². The van der Waals surface area contributed by atoms with Crippen molar-refractivity contribution in [3.8, 4) is 11.8 Å². The molecule has 1 amide bonds. The van der Waals surface area contributed by atoms with Crippen molar-refractivity contribution in [3.63, 3.8) is 0 Å². The molecule has 0 heterocycles. The van der Waals surface area contributed by atoms with Gasteiger partial charge >= 0.3 is 5.97 Å². The van der Waals surface area contributed by atoms with Crippen molar-refractivity contribution in [2.45, 2.75) is 26.9 Å². The Morgan fingerprint density at radius 3 is 2.22 bits per heavy atom. The number of nitriles is 1. The van der Waals surface area contributed by atoms with Gasteiger partial charge < -0.3 is 14.8 Å². The van der Waals surface area contributed by atoms with Gasteiger partial charge in [-0.2, -0.15) is 5.26 Å². The molecular weight excluding hydrogens is 344 g/mol.